The summed E-state index contributed by atoms with van der Waals surface area (Å²) in [5, 5.41) is 2.22. The van der Waals surface area contributed by atoms with Crippen LogP contribution in [-0.4, -0.2) is 18.6 Å². The van der Waals surface area contributed by atoms with E-state index in [-0.39, 0.29) is 11.1 Å². The van der Waals surface area contributed by atoms with Gasteiger partial charge in [0, 0.05) is 37.2 Å². The third-order valence-corrected chi connectivity index (χ3v) is 4.88. The Labute approximate surface area is 109 Å². The van der Waals surface area contributed by atoms with Crippen LogP contribution in [0.4, 0.5) is 0 Å². The Hall–Kier alpha value is -0.830. The lowest BCUT2D eigenvalue weighted by atomic mass is 9.68. The van der Waals surface area contributed by atoms with Crippen LogP contribution < -0.4 is 5.32 Å². The molecule has 0 amide bonds. The van der Waals surface area contributed by atoms with Gasteiger partial charge in [-0.05, 0) is 18.3 Å². The van der Waals surface area contributed by atoms with Gasteiger partial charge in [-0.1, -0.05) is 13.8 Å². The molecule has 3 aliphatic rings. The van der Waals surface area contributed by atoms with Crippen molar-refractivity contribution in [2.45, 2.75) is 58.1 Å². The molecule has 0 spiro atoms. The molecule has 0 aromatic heterocycles. The second kappa shape index (κ2) is 3.83. The van der Waals surface area contributed by atoms with Gasteiger partial charge in [-0.2, -0.15) is 0 Å². The van der Waals surface area contributed by atoms with Crippen LogP contribution in [0, 0.1) is 11.3 Å². The number of nitrogens with two attached hydrogens (primary N) is 1. The minimum atomic E-state index is -0.0740. The molecule has 100 valence electrons. The first kappa shape index (κ1) is 12.2. The van der Waals surface area contributed by atoms with Crippen molar-refractivity contribution in [1.29, 1.82) is 0 Å². The number of hydrogen-bond acceptors (Lipinski definition) is 2. The van der Waals surface area contributed by atoms with E-state index in [1.54, 1.807) is 0 Å². The average Bonchev–Trinajstić information content (AvgIpc) is 2.26. The molecule has 0 unspecified atom stereocenters. The number of allylic oxidation sites excluding steroid dienone is 2. The maximum Gasteiger partial charge on any atom is 0.240 e. The van der Waals surface area contributed by atoms with E-state index in [0.717, 1.165) is 30.6 Å². The maximum atomic E-state index is 12.4. The minimum Gasteiger partial charge on any atom is -0.444 e. The molecule has 0 aromatic rings. The molecule has 2 N–H and O–H groups in total. The highest BCUT2D eigenvalue weighted by atomic mass is 16.5. The topological polar surface area (TPSA) is 42.9 Å². The molecule has 3 rings (SSSR count). The molecule has 1 saturated carbocycles. The predicted molar refractivity (Wildman–Crippen MR) is 68.7 cm³/mol. The zero-order valence-corrected chi connectivity index (χ0v) is 11.7. The van der Waals surface area contributed by atoms with E-state index in [0.29, 0.717) is 18.1 Å². The number of fused-ring (bicyclic) bond motifs is 3. The molecule has 2 bridgehead atoms. The summed E-state index contributed by atoms with van der Waals surface area (Å²) >= 11 is 0. The van der Waals surface area contributed by atoms with Gasteiger partial charge in [-0.3, -0.25) is 4.79 Å². The van der Waals surface area contributed by atoms with Gasteiger partial charge in [0.15, 0.2) is 5.78 Å². The Bertz CT molecular complexity index is 424. The summed E-state index contributed by atoms with van der Waals surface area (Å²) in [6, 6.07) is 0. The number of quaternary nitrogens is 1. The Morgan fingerprint density at radius 3 is 2.83 bits per heavy atom. The van der Waals surface area contributed by atoms with E-state index in [2.05, 4.69) is 26.2 Å². The van der Waals surface area contributed by atoms with Crippen molar-refractivity contribution >= 4 is 5.78 Å². The van der Waals surface area contributed by atoms with E-state index in [4.69, 9.17) is 4.74 Å². The molecule has 1 fully saturated rings. The molecule has 0 aromatic carbocycles. The van der Waals surface area contributed by atoms with Gasteiger partial charge in [0.25, 0.3) is 0 Å². The lowest BCUT2D eigenvalue weighted by Crippen LogP contribution is -2.95. The van der Waals surface area contributed by atoms with E-state index in [1.807, 2.05) is 0 Å². The van der Waals surface area contributed by atoms with Crippen molar-refractivity contribution in [2.24, 2.45) is 11.3 Å². The number of carbonyl (C=O) groups is 1. The molecule has 3 nitrogen and oxygen atoms in total. The second-order valence-corrected chi connectivity index (χ2v) is 7.03. The normalized spacial score (nSPS) is 38.2. The van der Waals surface area contributed by atoms with Crippen LogP contribution in [0.15, 0.2) is 11.3 Å². The maximum absolute atomic E-state index is 12.4. The molecule has 1 aliphatic heterocycles. The zero-order chi connectivity index (χ0) is 13.0. The molecule has 2 atom stereocenters. The molecule has 3 heteroatoms. The summed E-state index contributed by atoms with van der Waals surface area (Å²) in [5.74, 6) is 1.82. The molecule has 0 radical (unpaired) electrons. The van der Waals surface area contributed by atoms with E-state index < -0.39 is 0 Å². The van der Waals surface area contributed by atoms with Gasteiger partial charge in [-0.25, -0.2) is 0 Å². The molecule has 1 heterocycles. The van der Waals surface area contributed by atoms with Gasteiger partial charge >= 0.3 is 0 Å². The summed E-state index contributed by atoms with van der Waals surface area (Å²) in [6.45, 7) is 4.34. The molecular formula is C15H24NO2+. The van der Waals surface area contributed by atoms with Gasteiger partial charge in [0.2, 0.25) is 5.72 Å². The van der Waals surface area contributed by atoms with Crippen molar-refractivity contribution in [2.75, 3.05) is 7.05 Å². The fourth-order valence-corrected chi connectivity index (χ4v) is 4.00. The number of Topliss-reactive ketones (excluding diaryl/α,β-unsaturated/α-hetero) is 1. The summed E-state index contributed by atoms with van der Waals surface area (Å²) in [7, 11) is 2.10. The first-order valence-electron chi connectivity index (χ1n) is 7.20. The SMILES string of the molecule is C[NH2+][C@@]12CCC[C@@H](C1)C1=C(CC(C)(C)CC1=O)O2. The number of carbonyl (C=O) groups excluding carboxylic acids is 1. The quantitative estimate of drug-likeness (QED) is 0.770. The third-order valence-electron chi connectivity index (χ3n) is 4.88. The summed E-state index contributed by atoms with van der Waals surface area (Å²) in [6.07, 6.45) is 6.11. The standard InChI is InChI=1S/C15H23NO2/c1-14(2)8-11(17)13-10-5-4-6-15(7-10,16-3)18-12(13)9-14/h10,16H,4-9H2,1-3H3/p+1/t10-,15+/m0/s1. The van der Waals surface area contributed by atoms with Crippen LogP contribution in [0.5, 0.6) is 0 Å². The predicted octanol–water partition coefficient (Wildman–Crippen LogP) is 1.74. The van der Waals surface area contributed by atoms with Crippen molar-refractivity contribution in [3.8, 4) is 0 Å². The highest BCUT2D eigenvalue weighted by molar-refractivity contribution is 5.97. The van der Waals surface area contributed by atoms with Gasteiger partial charge in [-0.15, -0.1) is 0 Å². The van der Waals surface area contributed by atoms with Crippen molar-refractivity contribution < 1.29 is 14.8 Å². The van der Waals surface area contributed by atoms with Crippen molar-refractivity contribution in [3.63, 3.8) is 0 Å². The number of hydrogen-bond donors (Lipinski definition) is 1. The lowest BCUT2D eigenvalue weighted by molar-refractivity contribution is -0.752. The van der Waals surface area contributed by atoms with E-state index in [9.17, 15) is 4.79 Å². The van der Waals surface area contributed by atoms with Crippen LogP contribution in [0.3, 0.4) is 0 Å². The van der Waals surface area contributed by atoms with Crippen LogP contribution in [-0.2, 0) is 9.53 Å². The van der Waals surface area contributed by atoms with Gasteiger partial charge in [0.1, 0.15) is 5.76 Å². The van der Waals surface area contributed by atoms with Crippen LogP contribution in [0.2, 0.25) is 0 Å². The minimum absolute atomic E-state index is 0.0660. The zero-order valence-electron chi connectivity index (χ0n) is 11.7. The first-order chi connectivity index (χ1) is 8.45. The van der Waals surface area contributed by atoms with Gasteiger partial charge in [0.05, 0.1) is 7.05 Å². The second-order valence-electron chi connectivity index (χ2n) is 7.03. The summed E-state index contributed by atoms with van der Waals surface area (Å²) < 4.78 is 6.31. The number of ether oxygens (including phenoxy) is 1. The van der Waals surface area contributed by atoms with Crippen LogP contribution in [0.25, 0.3) is 0 Å². The fourth-order valence-electron chi connectivity index (χ4n) is 4.00. The van der Waals surface area contributed by atoms with E-state index in [1.165, 1.54) is 12.8 Å². The first-order valence-corrected chi connectivity index (χ1v) is 7.20. The number of rotatable bonds is 1. The van der Waals surface area contributed by atoms with Crippen LogP contribution in [0.1, 0.15) is 52.4 Å². The Balaban J connectivity index is 2.01. The Morgan fingerprint density at radius 2 is 2.11 bits per heavy atom. The van der Waals surface area contributed by atoms with Gasteiger partial charge < -0.3 is 10.1 Å². The lowest BCUT2D eigenvalue weighted by Gasteiger charge is -2.47. The van der Waals surface area contributed by atoms with Crippen molar-refractivity contribution in [1.82, 2.24) is 0 Å². The molecule has 2 aliphatic carbocycles. The smallest absolute Gasteiger partial charge is 0.240 e. The average molecular weight is 250 g/mol. The van der Waals surface area contributed by atoms with Crippen LogP contribution >= 0.6 is 0 Å². The van der Waals surface area contributed by atoms with Crippen molar-refractivity contribution in [3.05, 3.63) is 11.3 Å². The third kappa shape index (κ3) is 1.80. The highest BCUT2D eigenvalue weighted by Gasteiger charge is 2.51. The Kier molecular flexibility index (Phi) is 2.60. The molecule has 0 saturated heterocycles. The van der Waals surface area contributed by atoms with E-state index >= 15 is 0 Å². The largest absolute Gasteiger partial charge is 0.444 e. The fraction of sp³-hybridized carbons (Fsp3) is 0.800. The Morgan fingerprint density at radius 1 is 1.33 bits per heavy atom. The molecular weight excluding hydrogens is 226 g/mol. The highest BCUT2D eigenvalue weighted by Crippen LogP contribution is 2.49. The summed E-state index contributed by atoms with van der Waals surface area (Å²) in [5.41, 5.74) is 1.04. The number of ketones is 1. The monoisotopic (exact) mass is 250 g/mol. The summed E-state index contributed by atoms with van der Waals surface area (Å²) in [4.78, 5) is 12.4. The molecule has 18 heavy (non-hydrogen) atoms.